The van der Waals surface area contributed by atoms with Gasteiger partial charge in [-0.2, -0.15) is 5.10 Å². The van der Waals surface area contributed by atoms with Gasteiger partial charge in [0.05, 0.1) is 24.8 Å². The number of allylic oxidation sites excluding steroid dienone is 3. The molecule has 0 saturated heterocycles. The summed E-state index contributed by atoms with van der Waals surface area (Å²) in [4.78, 5) is 0. The van der Waals surface area contributed by atoms with Gasteiger partial charge in [0.1, 0.15) is 29.6 Å². The van der Waals surface area contributed by atoms with Gasteiger partial charge in [0.2, 0.25) is 0 Å². The van der Waals surface area contributed by atoms with Crippen LogP contribution in [-0.2, 0) is 6.61 Å². The molecular formula is C31H35FN2O3. The van der Waals surface area contributed by atoms with Crippen molar-refractivity contribution in [1.29, 1.82) is 0 Å². The summed E-state index contributed by atoms with van der Waals surface area (Å²) >= 11 is 0. The summed E-state index contributed by atoms with van der Waals surface area (Å²) in [5, 5.41) is 14.5. The highest BCUT2D eigenvalue weighted by atomic mass is 19.1. The molecule has 1 N–H and O–H groups in total. The molecule has 0 aliphatic heterocycles. The number of nitrogens with zero attached hydrogens (tertiary/aromatic N) is 2. The Morgan fingerprint density at radius 3 is 2.70 bits per heavy atom. The summed E-state index contributed by atoms with van der Waals surface area (Å²) in [6.45, 7) is 8.44. The predicted molar refractivity (Wildman–Crippen MR) is 144 cm³/mol. The van der Waals surface area contributed by atoms with E-state index in [1.165, 1.54) is 18.9 Å². The molecule has 5 rings (SSSR count). The molecule has 2 aliphatic carbocycles. The lowest BCUT2D eigenvalue weighted by molar-refractivity contribution is 0.304. The Morgan fingerprint density at radius 1 is 1.22 bits per heavy atom. The third-order valence-corrected chi connectivity index (χ3v) is 7.66. The number of ether oxygens (including phenoxy) is 2. The lowest BCUT2D eigenvalue weighted by Gasteiger charge is -2.24. The van der Waals surface area contributed by atoms with Crippen molar-refractivity contribution in [1.82, 2.24) is 9.78 Å². The van der Waals surface area contributed by atoms with Crippen LogP contribution < -0.4 is 9.47 Å². The van der Waals surface area contributed by atoms with Crippen LogP contribution in [0.15, 0.2) is 67.1 Å². The van der Waals surface area contributed by atoms with E-state index >= 15 is 4.39 Å². The number of benzene rings is 2. The number of aromatic nitrogens is 2. The number of aliphatic hydroxyl groups is 1. The van der Waals surface area contributed by atoms with Crippen LogP contribution in [0.1, 0.15) is 68.7 Å². The second-order valence-corrected chi connectivity index (χ2v) is 10.9. The van der Waals surface area contributed by atoms with Crippen molar-refractivity contribution in [2.24, 2.45) is 11.3 Å². The molecule has 37 heavy (non-hydrogen) atoms. The van der Waals surface area contributed by atoms with Crippen LogP contribution in [-0.4, -0.2) is 22.0 Å². The molecule has 0 radical (unpaired) electrons. The normalized spacial score (nSPS) is 17.4. The van der Waals surface area contributed by atoms with E-state index < -0.39 is 0 Å². The highest BCUT2D eigenvalue weighted by Gasteiger charge is 2.34. The van der Waals surface area contributed by atoms with E-state index in [2.05, 4.69) is 43.7 Å². The molecule has 1 atom stereocenters. The molecule has 2 aromatic carbocycles. The standard InChI is InChI=1S/C31H35FN2O3/c1-20(35)15-26(21-10-11-21)22-7-5-8-25(16-22)37-19-23-18-33-34(29-17-24(36-4)12-13-28(29)32)30(23)27-9-6-14-31(27,2)3/h5,7-9,12-13,16-18,21,26,35H,1,6,10-11,14-15,19H2,2-4H3/t26-/m0/s1. The van der Waals surface area contributed by atoms with Gasteiger partial charge in [0, 0.05) is 18.1 Å². The summed E-state index contributed by atoms with van der Waals surface area (Å²) in [7, 11) is 1.57. The third-order valence-electron chi connectivity index (χ3n) is 7.66. The van der Waals surface area contributed by atoms with Crippen molar-refractivity contribution in [3.05, 3.63) is 89.7 Å². The molecule has 0 amide bonds. The van der Waals surface area contributed by atoms with Crippen LogP contribution in [0, 0.1) is 17.2 Å². The molecule has 194 valence electrons. The fourth-order valence-electron chi connectivity index (χ4n) is 5.45. The maximum Gasteiger partial charge on any atom is 0.149 e. The number of methoxy groups -OCH3 is 1. The number of hydrogen-bond donors (Lipinski definition) is 1. The van der Waals surface area contributed by atoms with Crippen molar-refractivity contribution in [3.8, 4) is 17.2 Å². The minimum atomic E-state index is -0.363. The number of rotatable bonds is 10. The minimum absolute atomic E-state index is 0.0635. The van der Waals surface area contributed by atoms with Gasteiger partial charge < -0.3 is 14.6 Å². The largest absolute Gasteiger partial charge is 0.513 e. The third kappa shape index (κ3) is 5.29. The topological polar surface area (TPSA) is 56.5 Å². The lowest BCUT2D eigenvalue weighted by Crippen LogP contribution is -2.15. The fourth-order valence-corrected chi connectivity index (χ4v) is 5.45. The first-order valence-corrected chi connectivity index (χ1v) is 13.0. The lowest BCUT2D eigenvalue weighted by atomic mass is 9.83. The van der Waals surface area contributed by atoms with E-state index in [0.717, 1.165) is 41.0 Å². The average Bonchev–Trinajstić information content (AvgIpc) is 3.54. The molecule has 0 spiro atoms. The molecule has 1 aromatic heterocycles. The summed E-state index contributed by atoms with van der Waals surface area (Å²) in [5.41, 5.74) is 4.36. The summed E-state index contributed by atoms with van der Waals surface area (Å²) < 4.78 is 28.3. The van der Waals surface area contributed by atoms with E-state index in [1.807, 2.05) is 12.1 Å². The molecule has 5 nitrogen and oxygen atoms in total. The van der Waals surface area contributed by atoms with Crippen LogP contribution >= 0.6 is 0 Å². The zero-order valence-electron chi connectivity index (χ0n) is 21.8. The Bertz CT molecular complexity index is 1340. The second kappa shape index (κ2) is 10.1. The first-order valence-electron chi connectivity index (χ1n) is 13.0. The quantitative estimate of drug-likeness (QED) is 0.288. The van der Waals surface area contributed by atoms with Gasteiger partial charge >= 0.3 is 0 Å². The van der Waals surface area contributed by atoms with Gasteiger partial charge in [-0.25, -0.2) is 9.07 Å². The molecule has 2 aliphatic rings. The van der Waals surface area contributed by atoms with Crippen LogP contribution in [0.5, 0.6) is 11.5 Å². The first kappa shape index (κ1) is 25.1. The molecule has 3 aromatic rings. The number of aliphatic hydroxyl groups excluding tert-OH is 1. The number of hydrogen-bond acceptors (Lipinski definition) is 4. The maximum atomic E-state index is 15.0. The highest BCUT2D eigenvalue weighted by Crippen LogP contribution is 2.47. The number of halogens is 1. The zero-order chi connectivity index (χ0) is 26.2. The van der Waals surface area contributed by atoms with Crippen molar-refractivity contribution in [3.63, 3.8) is 0 Å². The molecule has 1 heterocycles. The van der Waals surface area contributed by atoms with Gasteiger partial charge in [0.15, 0.2) is 0 Å². The highest BCUT2D eigenvalue weighted by molar-refractivity contribution is 5.73. The summed E-state index contributed by atoms with van der Waals surface area (Å²) in [5.74, 6) is 2.02. The summed E-state index contributed by atoms with van der Waals surface area (Å²) in [6.07, 6.45) is 8.92. The molecule has 1 fully saturated rings. The van der Waals surface area contributed by atoms with Crippen molar-refractivity contribution in [2.75, 3.05) is 7.11 Å². The van der Waals surface area contributed by atoms with Crippen LogP contribution in [0.25, 0.3) is 11.3 Å². The summed E-state index contributed by atoms with van der Waals surface area (Å²) in [6, 6.07) is 12.8. The SMILES string of the molecule is C=C(O)C[C@H](c1cccc(OCc2cnn(-c3cc(OC)ccc3F)c2C2=CCCC2(C)C)c1)C1CC1. The molecular weight excluding hydrogens is 467 g/mol. The van der Waals surface area contributed by atoms with Gasteiger partial charge in [-0.15, -0.1) is 0 Å². The van der Waals surface area contributed by atoms with Crippen LogP contribution in [0.2, 0.25) is 0 Å². The molecule has 6 heteroatoms. The Kier molecular flexibility index (Phi) is 6.84. The Balaban J connectivity index is 1.47. The van der Waals surface area contributed by atoms with Gasteiger partial charge in [-0.1, -0.05) is 38.6 Å². The smallest absolute Gasteiger partial charge is 0.149 e. The van der Waals surface area contributed by atoms with E-state index in [9.17, 15) is 5.11 Å². The molecule has 0 bridgehead atoms. The minimum Gasteiger partial charge on any atom is -0.513 e. The van der Waals surface area contributed by atoms with E-state index in [-0.39, 0.29) is 22.9 Å². The Hall–Kier alpha value is -3.54. The fraction of sp³-hybridized carbons (Fsp3) is 0.387. The second-order valence-electron chi connectivity index (χ2n) is 10.9. The predicted octanol–water partition coefficient (Wildman–Crippen LogP) is 7.76. The maximum absolute atomic E-state index is 15.0. The first-order chi connectivity index (χ1) is 17.8. The van der Waals surface area contributed by atoms with Crippen molar-refractivity contribution < 1.29 is 19.0 Å². The Morgan fingerprint density at radius 2 is 2.03 bits per heavy atom. The Labute approximate surface area is 218 Å². The molecule has 1 saturated carbocycles. The van der Waals surface area contributed by atoms with Crippen molar-refractivity contribution >= 4 is 5.57 Å². The van der Waals surface area contributed by atoms with E-state index in [1.54, 1.807) is 30.1 Å². The van der Waals surface area contributed by atoms with E-state index in [4.69, 9.17) is 9.47 Å². The van der Waals surface area contributed by atoms with Crippen LogP contribution in [0.4, 0.5) is 4.39 Å². The van der Waals surface area contributed by atoms with Gasteiger partial charge in [-0.3, -0.25) is 0 Å². The van der Waals surface area contributed by atoms with Gasteiger partial charge in [-0.05, 0) is 78.3 Å². The molecule has 0 unspecified atom stereocenters. The van der Waals surface area contributed by atoms with Crippen LogP contribution in [0.3, 0.4) is 0 Å². The van der Waals surface area contributed by atoms with Gasteiger partial charge in [0.25, 0.3) is 0 Å². The zero-order valence-corrected chi connectivity index (χ0v) is 21.8. The van der Waals surface area contributed by atoms with Crippen molar-refractivity contribution in [2.45, 2.75) is 58.5 Å². The van der Waals surface area contributed by atoms with E-state index in [0.29, 0.717) is 30.4 Å². The monoisotopic (exact) mass is 502 g/mol. The average molecular weight is 503 g/mol.